The first-order valence-corrected chi connectivity index (χ1v) is 5.92. The van der Waals surface area contributed by atoms with Crippen molar-refractivity contribution >= 4 is 16.8 Å². The number of alkyl halides is 2. The number of halogens is 2. The van der Waals surface area contributed by atoms with Gasteiger partial charge in [-0.05, 0) is 5.41 Å². The molecule has 3 nitrogen and oxygen atoms in total. The predicted molar refractivity (Wildman–Crippen MR) is 54.5 cm³/mol. The molecule has 0 saturated heterocycles. The maximum Gasteiger partial charge on any atom is 0.319 e. The van der Waals surface area contributed by atoms with Gasteiger partial charge in [0.1, 0.15) is 5.25 Å². The molecule has 0 bridgehead atoms. The van der Waals surface area contributed by atoms with Gasteiger partial charge in [0, 0.05) is 23.0 Å². The van der Waals surface area contributed by atoms with Gasteiger partial charge in [-0.2, -0.15) is 0 Å². The third kappa shape index (κ3) is 5.20. The Balaban J connectivity index is 4.52. The van der Waals surface area contributed by atoms with E-state index in [9.17, 15) is 17.8 Å². The summed E-state index contributed by atoms with van der Waals surface area (Å²) < 4.78 is 35.3. The Labute approximate surface area is 90.3 Å². The lowest BCUT2D eigenvalue weighted by Gasteiger charge is -2.26. The molecule has 0 aromatic carbocycles. The summed E-state index contributed by atoms with van der Waals surface area (Å²) in [6.07, 6.45) is -3.06. The van der Waals surface area contributed by atoms with E-state index in [1.165, 1.54) is 0 Å². The highest BCUT2D eigenvalue weighted by Gasteiger charge is 2.36. The third-order valence-corrected chi connectivity index (χ3v) is 3.88. The first-order chi connectivity index (χ1) is 6.66. The summed E-state index contributed by atoms with van der Waals surface area (Å²) in [5.74, 6) is -1.47. The quantitative estimate of drug-likeness (QED) is 0.801. The fourth-order valence-corrected chi connectivity index (χ4v) is 2.86. The molecule has 0 aliphatic carbocycles. The standard InChI is InChI=1S/C9H16F2O3S/c1-9(2,3)7(8(12)13)15(14)5-4-6(10)11/h6-7H,4-5H2,1-3H3,(H,12,13). The van der Waals surface area contributed by atoms with Crippen LogP contribution in [0.15, 0.2) is 0 Å². The molecule has 0 amide bonds. The van der Waals surface area contributed by atoms with Crippen LogP contribution in [-0.2, 0) is 15.6 Å². The van der Waals surface area contributed by atoms with E-state index in [1.807, 2.05) is 0 Å². The van der Waals surface area contributed by atoms with E-state index in [2.05, 4.69) is 0 Å². The fourth-order valence-electron chi connectivity index (χ4n) is 1.20. The van der Waals surface area contributed by atoms with Crippen LogP contribution in [0.1, 0.15) is 27.2 Å². The molecule has 0 aromatic rings. The lowest BCUT2D eigenvalue weighted by Crippen LogP contribution is -2.39. The van der Waals surface area contributed by atoms with Crippen LogP contribution in [-0.4, -0.2) is 32.7 Å². The number of carboxylic acids is 1. The summed E-state index contributed by atoms with van der Waals surface area (Å²) in [6, 6.07) is 0. The van der Waals surface area contributed by atoms with Crippen LogP contribution in [0.2, 0.25) is 0 Å². The lowest BCUT2D eigenvalue weighted by molar-refractivity contribution is -0.138. The normalized spacial score (nSPS) is 16.4. The van der Waals surface area contributed by atoms with Crippen molar-refractivity contribution < 1.29 is 22.9 Å². The Hall–Kier alpha value is -0.520. The molecular formula is C9H16F2O3S. The van der Waals surface area contributed by atoms with Crippen LogP contribution < -0.4 is 0 Å². The van der Waals surface area contributed by atoms with Crippen LogP contribution in [0.3, 0.4) is 0 Å². The van der Waals surface area contributed by atoms with Gasteiger partial charge in [-0.15, -0.1) is 0 Å². The largest absolute Gasteiger partial charge is 0.480 e. The first kappa shape index (κ1) is 14.5. The van der Waals surface area contributed by atoms with E-state index in [0.717, 1.165) is 0 Å². The minimum atomic E-state index is -2.54. The van der Waals surface area contributed by atoms with Gasteiger partial charge in [-0.1, -0.05) is 20.8 Å². The first-order valence-electron chi connectivity index (χ1n) is 4.54. The third-order valence-electron chi connectivity index (χ3n) is 1.81. The van der Waals surface area contributed by atoms with Gasteiger partial charge >= 0.3 is 5.97 Å². The SMILES string of the molecule is CC(C)(C)C(C(=O)O)S(=O)CCC(F)F. The summed E-state index contributed by atoms with van der Waals surface area (Å²) in [5, 5.41) is 7.76. The van der Waals surface area contributed by atoms with Crippen molar-refractivity contribution in [2.24, 2.45) is 5.41 Å². The molecule has 0 heterocycles. The number of hydrogen-bond acceptors (Lipinski definition) is 2. The summed E-state index contributed by atoms with van der Waals surface area (Å²) in [5.41, 5.74) is -0.696. The van der Waals surface area contributed by atoms with Crippen molar-refractivity contribution in [2.75, 3.05) is 5.75 Å². The Morgan fingerprint density at radius 3 is 2.13 bits per heavy atom. The number of rotatable bonds is 5. The second kappa shape index (κ2) is 5.53. The average Bonchev–Trinajstić information content (AvgIpc) is 1.96. The molecule has 2 atom stereocenters. The molecule has 0 spiro atoms. The summed E-state index contributed by atoms with van der Waals surface area (Å²) >= 11 is 0. The van der Waals surface area contributed by atoms with E-state index < -0.39 is 40.3 Å². The zero-order chi connectivity index (χ0) is 12.2. The van der Waals surface area contributed by atoms with Crippen molar-refractivity contribution in [3.63, 3.8) is 0 Å². The van der Waals surface area contributed by atoms with E-state index in [4.69, 9.17) is 5.11 Å². The van der Waals surface area contributed by atoms with Crippen molar-refractivity contribution in [1.29, 1.82) is 0 Å². The predicted octanol–water partition coefficient (Wildman–Crippen LogP) is 1.89. The molecule has 90 valence electrons. The minimum Gasteiger partial charge on any atom is -0.480 e. The zero-order valence-corrected chi connectivity index (χ0v) is 9.81. The van der Waals surface area contributed by atoms with E-state index in [1.54, 1.807) is 20.8 Å². The molecule has 2 unspecified atom stereocenters. The summed E-state index contributed by atoms with van der Waals surface area (Å²) in [6.45, 7) is 4.89. The minimum absolute atomic E-state index is 0.272. The zero-order valence-electron chi connectivity index (χ0n) is 9.00. The van der Waals surface area contributed by atoms with Gasteiger partial charge in [0.25, 0.3) is 0 Å². The van der Waals surface area contributed by atoms with Crippen molar-refractivity contribution in [2.45, 2.75) is 38.9 Å². The van der Waals surface area contributed by atoms with Crippen LogP contribution in [0.5, 0.6) is 0 Å². The highest BCUT2D eigenvalue weighted by molar-refractivity contribution is 7.86. The molecule has 15 heavy (non-hydrogen) atoms. The molecule has 0 rings (SSSR count). The highest BCUT2D eigenvalue weighted by atomic mass is 32.2. The fraction of sp³-hybridized carbons (Fsp3) is 0.889. The van der Waals surface area contributed by atoms with Crippen LogP contribution in [0.25, 0.3) is 0 Å². The van der Waals surface area contributed by atoms with Gasteiger partial charge in [-0.25, -0.2) is 8.78 Å². The van der Waals surface area contributed by atoms with Gasteiger partial charge in [0.05, 0.1) is 0 Å². The summed E-state index contributed by atoms with van der Waals surface area (Å²) in [4.78, 5) is 10.9. The lowest BCUT2D eigenvalue weighted by atomic mass is 9.92. The van der Waals surface area contributed by atoms with Crippen molar-refractivity contribution in [3.8, 4) is 0 Å². The Kier molecular flexibility index (Phi) is 5.34. The van der Waals surface area contributed by atoms with Crippen LogP contribution in [0.4, 0.5) is 8.78 Å². The molecule has 0 fully saturated rings. The van der Waals surface area contributed by atoms with Gasteiger partial charge in [0.2, 0.25) is 6.43 Å². The number of aliphatic carboxylic acids is 1. The second-order valence-corrected chi connectivity index (χ2v) is 5.99. The Morgan fingerprint density at radius 1 is 1.40 bits per heavy atom. The molecule has 1 N–H and O–H groups in total. The molecule has 0 saturated carbocycles. The van der Waals surface area contributed by atoms with Crippen LogP contribution in [0, 0.1) is 5.41 Å². The summed E-state index contributed by atoms with van der Waals surface area (Å²) in [7, 11) is -1.76. The highest BCUT2D eigenvalue weighted by Crippen LogP contribution is 2.25. The monoisotopic (exact) mass is 242 g/mol. The van der Waals surface area contributed by atoms with Gasteiger partial charge in [-0.3, -0.25) is 9.00 Å². The smallest absolute Gasteiger partial charge is 0.319 e. The Morgan fingerprint density at radius 2 is 1.87 bits per heavy atom. The number of carbonyl (C=O) groups is 1. The van der Waals surface area contributed by atoms with E-state index in [0.29, 0.717) is 0 Å². The second-order valence-electron chi connectivity index (χ2n) is 4.35. The molecule has 0 radical (unpaired) electrons. The maximum atomic E-state index is 11.9. The average molecular weight is 242 g/mol. The topological polar surface area (TPSA) is 54.4 Å². The van der Waals surface area contributed by atoms with E-state index >= 15 is 0 Å². The van der Waals surface area contributed by atoms with E-state index in [-0.39, 0.29) is 5.75 Å². The number of hydrogen-bond donors (Lipinski definition) is 1. The van der Waals surface area contributed by atoms with Gasteiger partial charge in [0.15, 0.2) is 0 Å². The molecular weight excluding hydrogens is 226 g/mol. The van der Waals surface area contributed by atoms with Crippen LogP contribution >= 0.6 is 0 Å². The molecule has 0 aliphatic rings. The maximum absolute atomic E-state index is 11.9. The van der Waals surface area contributed by atoms with Gasteiger partial charge < -0.3 is 5.11 Å². The van der Waals surface area contributed by atoms with Crippen molar-refractivity contribution in [1.82, 2.24) is 0 Å². The van der Waals surface area contributed by atoms with Crippen molar-refractivity contribution in [3.05, 3.63) is 0 Å². The molecule has 0 aromatic heterocycles. The molecule has 6 heteroatoms. The molecule has 0 aliphatic heterocycles. The number of carboxylic acid groups (broad SMARTS) is 1. The Bertz CT molecular complexity index is 248.